The Kier molecular flexibility index (Phi) is 4.01. The number of thioether (sulfide) groups is 1. The van der Waals surface area contributed by atoms with Gasteiger partial charge in [-0.25, -0.2) is 9.49 Å². The number of fused-ring (bicyclic) bond motifs is 2. The summed E-state index contributed by atoms with van der Waals surface area (Å²) < 4.78 is 13.6. The Morgan fingerprint density at radius 2 is 2.04 bits per heavy atom. The molecule has 0 spiro atoms. The molecule has 0 saturated carbocycles. The maximum absolute atomic E-state index is 13.6. The summed E-state index contributed by atoms with van der Waals surface area (Å²) in [7, 11) is 0. The van der Waals surface area contributed by atoms with Crippen molar-refractivity contribution < 1.29 is 9.18 Å². The van der Waals surface area contributed by atoms with E-state index in [0.717, 1.165) is 16.2 Å². The van der Waals surface area contributed by atoms with Gasteiger partial charge in [0.05, 0.1) is 11.4 Å². The standard InChI is InChI=1S/C18H14FN3O2S/c19-10-5-6-15-13(9-10)14(7-8-25-15)20-18(24)16-11-3-1-2-4-12(11)17(23)22-21-16/h1-6,9,14H,7-8H2,(H,20,24)(H,22,23)/t14-/m0/s1. The summed E-state index contributed by atoms with van der Waals surface area (Å²) in [6.07, 6.45) is 0.703. The number of amides is 1. The number of hydrogen-bond acceptors (Lipinski definition) is 4. The molecule has 7 heteroatoms. The molecule has 2 heterocycles. The predicted octanol–water partition coefficient (Wildman–Crippen LogP) is 3.03. The SMILES string of the molecule is O=C(N[C@H]1CCSc2ccc(F)cc21)c1n[nH]c(=O)c2ccccc12. The molecule has 4 rings (SSSR count). The molecule has 1 aromatic heterocycles. The molecule has 1 aliphatic heterocycles. The first-order valence-corrected chi connectivity index (χ1v) is 8.82. The highest BCUT2D eigenvalue weighted by molar-refractivity contribution is 7.99. The van der Waals surface area contributed by atoms with Gasteiger partial charge in [-0.15, -0.1) is 11.8 Å². The zero-order valence-electron chi connectivity index (χ0n) is 13.1. The Hall–Kier alpha value is -2.67. The van der Waals surface area contributed by atoms with Crippen molar-refractivity contribution in [2.45, 2.75) is 17.4 Å². The number of carbonyl (C=O) groups excluding carboxylic acids is 1. The molecule has 1 amide bonds. The normalized spacial score (nSPS) is 16.4. The topological polar surface area (TPSA) is 74.8 Å². The molecule has 0 radical (unpaired) electrons. The average molecular weight is 355 g/mol. The van der Waals surface area contributed by atoms with E-state index in [1.165, 1.54) is 12.1 Å². The lowest BCUT2D eigenvalue weighted by Gasteiger charge is -2.26. The Labute approximate surface area is 146 Å². The molecule has 126 valence electrons. The van der Waals surface area contributed by atoms with Crippen LogP contribution in [0.1, 0.15) is 28.5 Å². The third-order valence-corrected chi connectivity index (χ3v) is 5.35. The Bertz CT molecular complexity index is 1030. The molecule has 0 aliphatic carbocycles. The fourth-order valence-corrected chi connectivity index (χ4v) is 4.14. The number of aromatic nitrogens is 2. The predicted molar refractivity (Wildman–Crippen MR) is 94.3 cm³/mol. The molecule has 1 aliphatic rings. The molecule has 25 heavy (non-hydrogen) atoms. The maximum Gasteiger partial charge on any atom is 0.272 e. The molecular weight excluding hydrogens is 341 g/mol. The molecule has 3 aromatic rings. The molecule has 5 nitrogen and oxygen atoms in total. The van der Waals surface area contributed by atoms with Crippen molar-refractivity contribution in [1.29, 1.82) is 0 Å². The third-order valence-electron chi connectivity index (χ3n) is 4.23. The van der Waals surface area contributed by atoms with Crippen LogP contribution in [-0.4, -0.2) is 21.9 Å². The maximum atomic E-state index is 13.6. The summed E-state index contributed by atoms with van der Waals surface area (Å²) >= 11 is 1.65. The van der Waals surface area contributed by atoms with Gasteiger partial charge in [-0.3, -0.25) is 9.59 Å². The van der Waals surface area contributed by atoms with Gasteiger partial charge in [-0.1, -0.05) is 18.2 Å². The number of halogens is 1. The number of rotatable bonds is 2. The van der Waals surface area contributed by atoms with Crippen molar-refractivity contribution in [2.75, 3.05) is 5.75 Å². The van der Waals surface area contributed by atoms with Crippen molar-refractivity contribution >= 4 is 28.4 Å². The van der Waals surface area contributed by atoms with Gasteiger partial charge in [0, 0.05) is 16.0 Å². The van der Waals surface area contributed by atoms with E-state index in [2.05, 4.69) is 15.5 Å². The van der Waals surface area contributed by atoms with Crippen LogP contribution in [0.4, 0.5) is 4.39 Å². The zero-order chi connectivity index (χ0) is 17.4. The van der Waals surface area contributed by atoms with Crippen molar-refractivity contribution in [2.24, 2.45) is 0 Å². The summed E-state index contributed by atoms with van der Waals surface area (Å²) in [4.78, 5) is 25.6. The summed E-state index contributed by atoms with van der Waals surface area (Å²) in [5.74, 6) is 0.122. The molecule has 0 bridgehead atoms. The first-order chi connectivity index (χ1) is 12.1. The summed E-state index contributed by atoms with van der Waals surface area (Å²) in [5, 5.41) is 10.1. The minimum Gasteiger partial charge on any atom is -0.344 e. The number of aromatic amines is 1. The number of nitrogens with zero attached hydrogens (tertiary/aromatic N) is 1. The van der Waals surface area contributed by atoms with Gasteiger partial charge in [0.1, 0.15) is 5.82 Å². The van der Waals surface area contributed by atoms with Crippen LogP contribution in [-0.2, 0) is 0 Å². The largest absolute Gasteiger partial charge is 0.344 e. The van der Waals surface area contributed by atoms with E-state index >= 15 is 0 Å². The lowest BCUT2D eigenvalue weighted by molar-refractivity contribution is 0.0930. The highest BCUT2D eigenvalue weighted by Gasteiger charge is 2.24. The van der Waals surface area contributed by atoms with Crippen LogP contribution in [0.2, 0.25) is 0 Å². The van der Waals surface area contributed by atoms with Crippen molar-refractivity contribution in [3.8, 4) is 0 Å². The quantitative estimate of drug-likeness (QED) is 0.741. The van der Waals surface area contributed by atoms with Crippen LogP contribution in [0.5, 0.6) is 0 Å². The van der Waals surface area contributed by atoms with E-state index in [1.807, 2.05) is 0 Å². The van der Waals surface area contributed by atoms with E-state index in [4.69, 9.17) is 0 Å². The first kappa shape index (κ1) is 15.8. The van der Waals surface area contributed by atoms with E-state index in [-0.39, 0.29) is 29.0 Å². The van der Waals surface area contributed by atoms with Gasteiger partial charge < -0.3 is 5.32 Å². The van der Waals surface area contributed by atoms with Gasteiger partial charge in [-0.2, -0.15) is 5.10 Å². The van der Waals surface area contributed by atoms with Crippen LogP contribution >= 0.6 is 11.8 Å². The van der Waals surface area contributed by atoms with Crippen LogP contribution in [0.3, 0.4) is 0 Å². The number of benzene rings is 2. The monoisotopic (exact) mass is 355 g/mol. The number of nitrogens with one attached hydrogen (secondary N) is 2. The lowest BCUT2D eigenvalue weighted by Crippen LogP contribution is -2.32. The summed E-state index contributed by atoms with van der Waals surface area (Å²) in [6, 6.07) is 11.2. The lowest BCUT2D eigenvalue weighted by atomic mass is 10.0. The summed E-state index contributed by atoms with van der Waals surface area (Å²) in [5.41, 5.74) is 0.596. The number of hydrogen-bond donors (Lipinski definition) is 2. The van der Waals surface area contributed by atoms with E-state index < -0.39 is 0 Å². The second kappa shape index (κ2) is 6.33. The van der Waals surface area contributed by atoms with Crippen LogP contribution in [0.15, 0.2) is 52.2 Å². The van der Waals surface area contributed by atoms with Crippen LogP contribution < -0.4 is 10.9 Å². The zero-order valence-corrected chi connectivity index (χ0v) is 13.9. The van der Waals surface area contributed by atoms with E-state index in [9.17, 15) is 14.0 Å². The first-order valence-electron chi connectivity index (χ1n) is 7.84. The number of carbonyl (C=O) groups is 1. The fraction of sp³-hybridized carbons (Fsp3) is 0.167. The van der Waals surface area contributed by atoms with Crippen LogP contribution in [0.25, 0.3) is 10.8 Å². The van der Waals surface area contributed by atoms with Crippen LogP contribution in [0, 0.1) is 5.82 Å². The highest BCUT2D eigenvalue weighted by atomic mass is 32.2. The smallest absolute Gasteiger partial charge is 0.272 e. The highest BCUT2D eigenvalue weighted by Crippen LogP contribution is 2.36. The van der Waals surface area contributed by atoms with Gasteiger partial charge >= 0.3 is 0 Å². The molecule has 0 saturated heterocycles. The Morgan fingerprint density at radius 3 is 2.88 bits per heavy atom. The molecule has 0 unspecified atom stereocenters. The Morgan fingerprint density at radius 1 is 1.24 bits per heavy atom. The van der Waals surface area contributed by atoms with Crippen molar-refractivity contribution in [3.05, 3.63) is 69.9 Å². The van der Waals surface area contributed by atoms with Crippen molar-refractivity contribution in [1.82, 2.24) is 15.5 Å². The molecule has 0 fully saturated rings. The van der Waals surface area contributed by atoms with E-state index in [1.54, 1.807) is 42.1 Å². The average Bonchev–Trinajstić information content (AvgIpc) is 2.63. The van der Waals surface area contributed by atoms with Crippen molar-refractivity contribution in [3.63, 3.8) is 0 Å². The summed E-state index contributed by atoms with van der Waals surface area (Å²) in [6.45, 7) is 0. The third kappa shape index (κ3) is 2.91. The molecular formula is C18H14FN3O2S. The fourth-order valence-electron chi connectivity index (χ4n) is 3.03. The molecule has 2 N–H and O–H groups in total. The molecule has 2 aromatic carbocycles. The van der Waals surface area contributed by atoms with Gasteiger partial charge in [0.25, 0.3) is 11.5 Å². The second-order valence-corrected chi connectivity index (χ2v) is 6.93. The molecule has 1 atom stereocenters. The van der Waals surface area contributed by atoms with Gasteiger partial charge in [0.2, 0.25) is 0 Å². The minimum atomic E-state index is -0.389. The van der Waals surface area contributed by atoms with Gasteiger partial charge in [0.15, 0.2) is 5.69 Å². The van der Waals surface area contributed by atoms with Gasteiger partial charge in [-0.05, 0) is 36.2 Å². The second-order valence-electron chi connectivity index (χ2n) is 5.79. The number of H-pyrrole nitrogens is 1. The van der Waals surface area contributed by atoms with E-state index in [0.29, 0.717) is 17.2 Å². The minimum absolute atomic E-state index is 0.159. The Balaban J connectivity index is 1.70.